The number of alkyl halides is 3. The first-order valence-electron chi connectivity index (χ1n) is 7.92. The van der Waals surface area contributed by atoms with Crippen LogP contribution < -0.4 is 5.73 Å². The third-order valence-electron chi connectivity index (χ3n) is 4.29. The first-order valence-corrected chi connectivity index (χ1v) is 7.92. The van der Waals surface area contributed by atoms with Gasteiger partial charge in [-0.05, 0) is 49.8 Å². The molecular weight excluding hydrogens is 319 g/mol. The first-order chi connectivity index (χ1) is 11.4. The number of amides is 1. The van der Waals surface area contributed by atoms with Crippen molar-refractivity contribution in [1.29, 1.82) is 0 Å². The van der Waals surface area contributed by atoms with Crippen molar-refractivity contribution in [2.24, 2.45) is 5.73 Å². The lowest BCUT2D eigenvalue weighted by atomic mass is 9.95. The van der Waals surface area contributed by atoms with Gasteiger partial charge in [0.2, 0.25) is 5.91 Å². The van der Waals surface area contributed by atoms with Crippen LogP contribution in [0.25, 0.3) is 5.69 Å². The maximum Gasteiger partial charge on any atom is 0.435 e. The third kappa shape index (κ3) is 3.29. The van der Waals surface area contributed by atoms with E-state index in [9.17, 15) is 18.0 Å². The molecule has 1 aliphatic rings. The Bertz CT molecular complexity index is 748. The highest BCUT2D eigenvalue weighted by molar-refractivity contribution is 5.74. The van der Waals surface area contributed by atoms with Crippen molar-refractivity contribution in [2.75, 3.05) is 0 Å². The van der Waals surface area contributed by atoms with Gasteiger partial charge in [0.15, 0.2) is 5.69 Å². The van der Waals surface area contributed by atoms with Gasteiger partial charge in [0, 0.05) is 17.7 Å². The van der Waals surface area contributed by atoms with E-state index in [-0.39, 0.29) is 12.3 Å². The first kappa shape index (κ1) is 16.5. The van der Waals surface area contributed by atoms with Gasteiger partial charge in [0.05, 0.1) is 5.69 Å². The molecule has 7 heteroatoms. The molecule has 0 aliphatic heterocycles. The highest BCUT2D eigenvalue weighted by Crippen LogP contribution is 2.36. The number of rotatable bonds is 4. The van der Waals surface area contributed by atoms with Crippen molar-refractivity contribution >= 4 is 5.91 Å². The fraction of sp³-hybridized carbons (Fsp3) is 0.412. The van der Waals surface area contributed by atoms with E-state index in [1.807, 2.05) is 0 Å². The average Bonchev–Trinajstić information content (AvgIpc) is 2.93. The molecule has 3 rings (SSSR count). The molecule has 0 bridgehead atoms. The number of primary amides is 1. The quantitative estimate of drug-likeness (QED) is 0.931. The molecule has 2 N–H and O–H groups in total. The molecule has 0 saturated heterocycles. The van der Waals surface area contributed by atoms with E-state index >= 15 is 0 Å². The molecule has 0 saturated carbocycles. The lowest BCUT2D eigenvalue weighted by molar-refractivity contribution is -0.142. The minimum absolute atomic E-state index is 0.245. The Kier molecular flexibility index (Phi) is 4.34. The summed E-state index contributed by atoms with van der Waals surface area (Å²) in [5.74, 6) is -0.380. The third-order valence-corrected chi connectivity index (χ3v) is 4.29. The van der Waals surface area contributed by atoms with E-state index in [1.165, 1.54) is 4.68 Å². The number of halogens is 3. The molecule has 0 unspecified atom stereocenters. The SMILES string of the molecule is NC(=O)CCc1ccc(-n2nc(C(F)(F)F)c3c2CCCC3)cc1. The van der Waals surface area contributed by atoms with E-state index < -0.39 is 11.9 Å². The van der Waals surface area contributed by atoms with Crippen molar-refractivity contribution in [3.63, 3.8) is 0 Å². The summed E-state index contributed by atoms with van der Waals surface area (Å²) in [6.07, 6.45) is -1.04. The molecule has 4 nitrogen and oxygen atoms in total. The van der Waals surface area contributed by atoms with Gasteiger partial charge in [-0.1, -0.05) is 12.1 Å². The van der Waals surface area contributed by atoms with Crippen LogP contribution in [0.5, 0.6) is 0 Å². The summed E-state index contributed by atoms with van der Waals surface area (Å²) < 4.78 is 41.1. The second kappa shape index (κ2) is 6.30. The van der Waals surface area contributed by atoms with Crippen molar-refractivity contribution in [2.45, 2.75) is 44.7 Å². The Labute approximate surface area is 137 Å². The minimum Gasteiger partial charge on any atom is -0.370 e. The second-order valence-electron chi connectivity index (χ2n) is 6.02. The van der Waals surface area contributed by atoms with Gasteiger partial charge >= 0.3 is 6.18 Å². The number of nitrogens with two attached hydrogens (primary N) is 1. The van der Waals surface area contributed by atoms with Crippen LogP contribution in [0.1, 0.15) is 41.8 Å². The molecule has 0 spiro atoms. The number of carbonyl (C=O) groups is 1. The van der Waals surface area contributed by atoms with Gasteiger partial charge < -0.3 is 5.73 Å². The summed E-state index contributed by atoms with van der Waals surface area (Å²) in [5.41, 5.74) is 6.84. The molecular formula is C17H18F3N3O. The van der Waals surface area contributed by atoms with Crippen LogP contribution in [0.3, 0.4) is 0 Å². The molecule has 1 aromatic carbocycles. The van der Waals surface area contributed by atoms with Gasteiger partial charge in [0.25, 0.3) is 0 Å². The largest absolute Gasteiger partial charge is 0.435 e. The number of benzene rings is 1. The summed E-state index contributed by atoms with van der Waals surface area (Å²) >= 11 is 0. The molecule has 0 radical (unpaired) electrons. The summed E-state index contributed by atoms with van der Waals surface area (Å²) in [7, 11) is 0. The second-order valence-corrected chi connectivity index (χ2v) is 6.02. The molecule has 0 atom stereocenters. The zero-order valence-electron chi connectivity index (χ0n) is 13.1. The number of aryl methyl sites for hydroxylation is 1. The molecule has 1 amide bonds. The Morgan fingerprint density at radius 3 is 2.46 bits per heavy atom. The van der Waals surface area contributed by atoms with Crippen LogP contribution in [0, 0.1) is 0 Å². The highest BCUT2D eigenvalue weighted by Gasteiger charge is 2.39. The summed E-state index contributed by atoms with van der Waals surface area (Å²) in [5, 5.41) is 3.85. The van der Waals surface area contributed by atoms with E-state index in [0.29, 0.717) is 36.2 Å². The summed E-state index contributed by atoms with van der Waals surface area (Å²) in [4.78, 5) is 10.8. The Balaban J connectivity index is 1.94. The molecule has 2 aromatic rings. The van der Waals surface area contributed by atoms with Crippen LogP contribution in [-0.2, 0) is 30.2 Å². The van der Waals surface area contributed by atoms with E-state index in [4.69, 9.17) is 5.73 Å². The average molecular weight is 337 g/mol. The monoisotopic (exact) mass is 337 g/mol. The summed E-state index contributed by atoms with van der Waals surface area (Å²) in [6, 6.07) is 7.06. The lowest BCUT2D eigenvalue weighted by Crippen LogP contribution is -2.11. The number of nitrogens with zero attached hydrogens (tertiary/aromatic N) is 2. The number of carbonyl (C=O) groups excluding carboxylic acids is 1. The smallest absolute Gasteiger partial charge is 0.370 e. The maximum absolute atomic E-state index is 13.2. The fourth-order valence-electron chi connectivity index (χ4n) is 3.11. The van der Waals surface area contributed by atoms with Gasteiger partial charge in [0.1, 0.15) is 0 Å². The molecule has 0 fully saturated rings. The predicted octanol–water partition coefficient (Wildman–Crippen LogP) is 3.19. The number of hydrogen-bond acceptors (Lipinski definition) is 2. The van der Waals surface area contributed by atoms with Crippen molar-refractivity contribution < 1.29 is 18.0 Å². The number of fused-ring (bicyclic) bond motifs is 1. The zero-order valence-corrected chi connectivity index (χ0v) is 13.1. The predicted molar refractivity (Wildman–Crippen MR) is 82.7 cm³/mol. The van der Waals surface area contributed by atoms with Crippen molar-refractivity contribution in [3.05, 3.63) is 46.8 Å². The van der Waals surface area contributed by atoms with Gasteiger partial charge in [-0.3, -0.25) is 4.79 Å². The van der Waals surface area contributed by atoms with Crippen LogP contribution in [0.15, 0.2) is 24.3 Å². The molecule has 128 valence electrons. The Morgan fingerprint density at radius 2 is 1.83 bits per heavy atom. The molecule has 1 heterocycles. The van der Waals surface area contributed by atoms with Crippen LogP contribution in [0.4, 0.5) is 13.2 Å². The van der Waals surface area contributed by atoms with Crippen LogP contribution in [-0.4, -0.2) is 15.7 Å². The fourth-order valence-corrected chi connectivity index (χ4v) is 3.11. The van der Waals surface area contributed by atoms with Gasteiger partial charge in [-0.25, -0.2) is 4.68 Å². The van der Waals surface area contributed by atoms with E-state index in [1.54, 1.807) is 24.3 Å². The normalized spacial score (nSPS) is 14.5. The van der Waals surface area contributed by atoms with Crippen molar-refractivity contribution in [3.8, 4) is 5.69 Å². The standard InChI is InChI=1S/C17H18F3N3O/c18-17(19,20)16-13-3-1-2-4-14(13)23(22-16)12-8-5-11(6-9-12)7-10-15(21)24/h5-6,8-9H,1-4,7,10H2,(H2,21,24). The zero-order chi connectivity index (χ0) is 17.3. The highest BCUT2D eigenvalue weighted by atomic mass is 19.4. The topological polar surface area (TPSA) is 60.9 Å². The summed E-state index contributed by atoms with van der Waals surface area (Å²) in [6.45, 7) is 0. The molecule has 24 heavy (non-hydrogen) atoms. The van der Waals surface area contributed by atoms with Gasteiger partial charge in [-0.15, -0.1) is 0 Å². The van der Waals surface area contributed by atoms with Gasteiger partial charge in [-0.2, -0.15) is 18.3 Å². The van der Waals surface area contributed by atoms with E-state index in [0.717, 1.165) is 18.4 Å². The lowest BCUT2D eigenvalue weighted by Gasteiger charge is -2.14. The number of hydrogen-bond donors (Lipinski definition) is 1. The van der Waals surface area contributed by atoms with Crippen molar-refractivity contribution in [1.82, 2.24) is 9.78 Å². The van der Waals surface area contributed by atoms with E-state index in [2.05, 4.69) is 5.10 Å². The Hall–Kier alpha value is -2.31. The number of aromatic nitrogens is 2. The minimum atomic E-state index is -4.44. The van der Waals surface area contributed by atoms with Crippen LogP contribution >= 0.6 is 0 Å². The molecule has 1 aromatic heterocycles. The van der Waals surface area contributed by atoms with Crippen LogP contribution in [0.2, 0.25) is 0 Å². The Morgan fingerprint density at radius 1 is 1.17 bits per heavy atom. The molecule has 1 aliphatic carbocycles. The maximum atomic E-state index is 13.2.